The van der Waals surface area contributed by atoms with Crippen LogP contribution in [-0.2, 0) is 23.9 Å². The van der Waals surface area contributed by atoms with Gasteiger partial charge in [0.25, 0.3) is 0 Å². The first-order valence-corrected chi connectivity index (χ1v) is 6.88. The number of methoxy groups -OCH3 is 1. The van der Waals surface area contributed by atoms with Gasteiger partial charge in [0.15, 0.2) is 0 Å². The molecular formula is C14H24N2O6. The van der Waals surface area contributed by atoms with Crippen molar-refractivity contribution >= 4 is 23.8 Å². The Balaban J connectivity index is 4.66. The van der Waals surface area contributed by atoms with E-state index in [4.69, 9.17) is 4.74 Å². The molecule has 0 unspecified atom stereocenters. The van der Waals surface area contributed by atoms with Crippen LogP contribution in [-0.4, -0.2) is 49.1 Å². The van der Waals surface area contributed by atoms with E-state index in [1.165, 1.54) is 14.0 Å². The van der Waals surface area contributed by atoms with E-state index in [1.54, 1.807) is 20.8 Å². The molecule has 0 spiro atoms. The molecular weight excluding hydrogens is 292 g/mol. The van der Waals surface area contributed by atoms with Crippen LogP contribution in [0.4, 0.5) is 4.79 Å². The lowest BCUT2D eigenvalue weighted by molar-refractivity contribution is -0.141. The number of Topliss-reactive ketones (excluding diaryl/α,β-unsaturated/α-hetero) is 1. The van der Waals surface area contributed by atoms with Crippen LogP contribution in [0.15, 0.2) is 0 Å². The fourth-order valence-corrected chi connectivity index (χ4v) is 1.42. The summed E-state index contributed by atoms with van der Waals surface area (Å²) in [5.74, 6) is -1.31. The van der Waals surface area contributed by atoms with Crippen LogP contribution in [0.25, 0.3) is 0 Å². The fraction of sp³-hybridized carbons (Fsp3) is 0.714. The van der Waals surface area contributed by atoms with Crippen LogP contribution in [0.3, 0.4) is 0 Å². The first-order chi connectivity index (χ1) is 10.0. The van der Waals surface area contributed by atoms with Crippen molar-refractivity contribution in [2.75, 3.05) is 13.7 Å². The third kappa shape index (κ3) is 9.73. The number of alkyl carbamates (subject to hydrolysis) is 1. The molecule has 126 valence electrons. The van der Waals surface area contributed by atoms with Crippen LogP contribution in [0.2, 0.25) is 0 Å². The van der Waals surface area contributed by atoms with Gasteiger partial charge in [0.2, 0.25) is 5.91 Å². The predicted molar refractivity (Wildman–Crippen MR) is 78.1 cm³/mol. The summed E-state index contributed by atoms with van der Waals surface area (Å²) < 4.78 is 9.47. The number of carbonyl (C=O) groups excluding carboxylic acids is 4. The monoisotopic (exact) mass is 316 g/mol. The molecule has 22 heavy (non-hydrogen) atoms. The summed E-state index contributed by atoms with van der Waals surface area (Å²) in [5, 5.41) is 4.72. The quantitative estimate of drug-likeness (QED) is 0.663. The fourth-order valence-electron chi connectivity index (χ4n) is 1.42. The Labute approximate surface area is 129 Å². The van der Waals surface area contributed by atoms with Crippen LogP contribution in [0.5, 0.6) is 0 Å². The Morgan fingerprint density at radius 2 is 1.73 bits per heavy atom. The van der Waals surface area contributed by atoms with E-state index >= 15 is 0 Å². The van der Waals surface area contributed by atoms with Crippen LogP contribution in [0.1, 0.15) is 40.5 Å². The Morgan fingerprint density at radius 1 is 1.14 bits per heavy atom. The molecule has 0 aliphatic heterocycles. The predicted octanol–water partition coefficient (Wildman–Crippen LogP) is 0.538. The standard InChI is InChI=1S/C14H24N2O6/c1-9(17)6-7-10(12(19)15-8-11(18)21-5)16-13(20)22-14(2,3)4/h10H,6-8H2,1-5H3,(H,15,19)(H,16,20)/t10-/m0/s1. The highest BCUT2D eigenvalue weighted by Gasteiger charge is 2.24. The molecule has 0 aromatic heterocycles. The van der Waals surface area contributed by atoms with Crippen molar-refractivity contribution in [1.29, 1.82) is 0 Å². The second kappa shape index (κ2) is 9.01. The SMILES string of the molecule is COC(=O)CNC(=O)[C@H](CCC(C)=O)NC(=O)OC(C)(C)C. The smallest absolute Gasteiger partial charge is 0.408 e. The van der Waals surface area contributed by atoms with Gasteiger partial charge >= 0.3 is 12.1 Å². The van der Waals surface area contributed by atoms with Crippen LogP contribution >= 0.6 is 0 Å². The van der Waals surface area contributed by atoms with Gasteiger partial charge in [0, 0.05) is 6.42 Å². The molecule has 1 atom stereocenters. The molecule has 0 aliphatic rings. The molecule has 0 aromatic carbocycles. The maximum Gasteiger partial charge on any atom is 0.408 e. The van der Waals surface area contributed by atoms with Gasteiger partial charge in [-0.2, -0.15) is 0 Å². The molecule has 8 heteroatoms. The molecule has 0 heterocycles. The van der Waals surface area contributed by atoms with E-state index in [0.29, 0.717) is 0 Å². The van der Waals surface area contributed by atoms with Crippen molar-refractivity contribution in [3.05, 3.63) is 0 Å². The lowest BCUT2D eigenvalue weighted by Crippen LogP contribution is -2.49. The minimum atomic E-state index is -0.969. The van der Waals surface area contributed by atoms with E-state index in [9.17, 15) is 19.2 Å². The molecule has 0 saturated heterocycles. The largest absolute Gasteiger partial charge is 0.468 e. The summed E-state index contributed by atoms with van der Waals surface area (Å²) >= 11 is 0. The number of hydrogen-bond donors (Lipinski definition) is 2. The van der Waals surface area contributed by atoms with Gasteiger partial charge < -0.3 is 24.9 Å². The zero-order valence-corrected chi connectivity index (χ0v) is 13.6. The van der Waals surface area contributed by atoms with Crippen LogP contribution < -0.4 is 10.6 Å². The van der Waals surface area contributed by atoms with Crippen molar-refractivity contribution in [3.8, 4) is 0 Å². The topological polar surface area (TPSA) is 111 Å². The van der Waals surface area contributed by atoms with Crippen LogP contribution in [0, 0.1) is 0 Å². The second-order valence-corrected chi connectivity index (χ2v) is 5.73. The first kappa shape index (κ1) is 19.9. The minimum Gasteiger partial charge on any atom is -0.468 e. The number of hydrogen-bond acceptors (Lipinski definition) is 6. The summed E-state index contributed by atoms with van der Waals surface area (Å²) in [6.07, 6.45) is -0.539. The minimum absolute atomic E-state index is 0.113. The number of nitrogens with one attached hydrogen (secondary N) is 2. The summed E-state index contributed by atoms with van der Waals surface area (Å²) in [5.41, 5.74) is -0.711. The van der Waals surface area contributed by atoms with Crippen molar-refractivity contribution in [3.63, 3.8) is 0 Å². The molecule has 0 radical (unpaired) electrons. The zero-order valence-electron chi connectivity index (χ0n) is 13.6. The van der Waals surface area contributed by atoms with Crippen molar-refractivity contribution in [2.24, 2.45) is 0 Å². The van der Waals surface area contributed by atoms with Gasteiger partial charge in [0.1, 0.15) is 24.0 Å². The Morgan fingerprint density at radius 3 is 2.18 bits per heavy atom. The van der Waals surface area contributed by atoms with Gasteiger partial charge in [-0.25, -0.2) is 4.79 Å². The summed E-state index contributed by atoms with van der Waals surface area (Å²) in [6, 6.07) is -0.969. The Bertz CT molecular complexity index is 428. The van der Waals surface area contributed by atoms with Crippen molar-refractivity contribution < 1.29 is 28.7 Å². The molecule has 2 amide bonds. The van der Waals surface area contributed by atoms with E-state index < -0.39 is 29.6 Å². The number of amides is 2. The lowest BCUT2D eigenvalue weighted by Gasteiger charge is -2.23. The number of ketones is 1. The van der Waals surface area contributed by atoms with Crippen molar-refractivity contribution in [2.45, 2.75) is 52.2 Å². The Hall–Kier alpha value is -2.12. The molecule has 0 aromatic rings. The van der Waals surface area contributed by atoms with Gasteiger partial charge in [-0.15, -0.1) is 0 Å². The summed E-state index contributed by atoms with van der Waals surface area (Å²) in [6.45, 7) is 6.14. The van der Waals surface area contributed by atoms with E-state index in [-0.39, 0.29) is 25.2 Å². The normalized spacial score (nSPS) is 12.0. The number of ether oxygens (including phenoxy) is 2. The van der Waals surface area contributed by atoms with Gasteiger partial charge in [0.05, 0.1) is 7.11 Å². The van der Waals surface area contributed by atoms with Gasteiger partial charge in [-0.1, -0.05) is 0 Å². The third-order valence-corrected chi connectivity index (χ3v) is 2.43. The van der Waals surface area contributed by atoms with Crippen molar-refractivity contribution in [1.82, 2.24) is 10.6 Å². The molecule has 8 nitrogen and oxygen atoms in total. The van der Waals surface area contributed by atoms with Gasteiger partial charge in [-0.05, 0) is 34.1 Å². The number of esters is 1. The maximum atomic E-state index is 12.0. The zero-order chi connectivity index (χ0) is 17.3. The number of carbonyl (C=O) groups is 4. The van der Waals surface area contributed by atoms with E-state index in [2.05, 4.69) is 15.4 Å². The first-order valence-electron chi connectivity index (χ1n) is 6.88. The molecule has 0 fully saturated rings. The average Bonchev–Trinajstić information content (AvgIpc) is 2.37. The average molecular weight is 316 g/mol. The lowest BCUT2D eigenvalue weighted by atomic mass is 10.1. The molecule has 0 aliphatic carbocycles. The number of rotatable bonds is 7. The third-order valence-electron chi connectivity index (χ3n) is 2.43. The summed E-state index contributed by atoms with van der Waals surface area (Å²) in [7, 11) is 1.20. The highest BCUT2D eigenvalue weighted by atomic mass is 16.6. The molecule has 0 rings (SSSR count). The summed E-state index contributed by atoms with van der Waals surface area (Å²) in [4.78, 5) is 45.8. The Kier molecular flexibility index (Phi) is 8.14. The molecule has 0 saturated carbocycles. The van der Waals surface area contributed by atoms with E-state index in [0.717, 1.165) is 0 Å². The molecule has 2 N–H and O–H groups in total. The highest BCUT2D eigenvalue weighted by Crippen LogP contribution is 2.08. The molecule has 0 bridgehead atoms. The van der Waals surface area contributed by atoms with Gasteiger partial charge in [-0.3, -0.25) is 9.59 Å². The second-order valence-electron chi connectivity index (χ2n) is 5.73. The highest BCUT2D eigenvalue weighted by molar-refractivity contribution is 5.88. The van der Waals surface area contributed by atoms with E-state index in [1.807, 2.05) is 0 Å². The maximum absolute atomic E-state index is 12.0.